The second-order valence-electron chi connectivity index (χ2n) is 5.99. The predicted octanol–water partition coefficient (Wildman–Crippen LogP) is 3.00. The molecule has 0 saturated carbocycles. The summed E-state index contributed by atoms with van der Waals surface area (Å²) in [6.45, 7) is 3.51. The quantitative estimate of drug-likeness (QED) is 0.850. The van der Waals surface area contributed by atoms with Crippen LogP contribution < -0.4 is 5.73 Å². The van der Waals surface area contributed by atoms with Crippen molar-refractivity contribution in [3.05, 3.63) is 29.8 Å². The lowest BCUT2D eigenvalue weighted by Gasteiger charge is -2.20. The van der Waals surface area contributed by atoms with Crippen molar-refractivity contribution in [2.45, 2.75) is 44.8 Å². The first-order valence-electron chi connectivity index (χ1n) is 7.83. The molecule has 1 atom stereocenters. The monoisotopic (exact) mass is 310 g/mol. The van der Waals surface area contributed by atoms with Crippen molar-refractivity contribution >= 4 is 15.7 Å². The minimum atomic E-state index is -3.24. The molecule has 118 valence electrons. The van der Waals surface area contributed by atoms with Crippen molar-refractivity contribution in [3.8, 4) is 0 Å². The fourth-order valence-corrected chi connectivity index (χ4v) is 4.67. The smallest absolute Gasteiger partial charge is 0.218 e. The topological polar surface area (TPSA) is 63.4 Å². The Hall–Kier alpha value is -1.07. The van der Waals surface area contributed by atoms with Gasteiger partial charge in [0.1, 0.15) is 0 Å². The van der Waals surface area contributed by atoms with E-state index in [2.05, 4.69) is 6.92 Å². The van der Waals surface area contributed by atoms with Crippen molar-refractivity contribution in [1.29, 1.82) is 0 Å². The van der Waals surface area contributed by atoms with E-state index < -0.39 is 10.0 Å². The van der Waals surface area contributed by atoms with Crippen LogP contribution in [-0.4, -0.2) is 25.8 Å². The van der Waals surface area contributed by atoms with Crippen LogP contribution >= 0.6 is 0 Å². The first-order valence-corrected chi connectivity index (χ1v) is 9.44. The largest absolute Gasteiger partial charge is 0.399 e. The summed E-state index contributed by atoms with van der Waals surface area (Å²) in [5, 5.41) is 0. The molecule has 0 aliphatic carbocycles. The number of nitrogens with zero attached hydrogens (tertiary/aromatic N) is 1. The number of nitrogens with two attached hydrogens (primary N) is 1. The van der Waals surface area contributed by atoms with Crippen LogP contribution in [-0.2, 0) is 15.8 Å². The molecule has 4 nitrogen and oxygen atoms in total. The van der Waals surface area contributed by atoms with E-state index in [-0.39, 0.29) is 5.75 Å². The molecule has 2 N–H and O–H groups in total. The van der Waals surface area contributed by atoms with Gasteiger partial charge in [0.25, 0.3) is 0 Å². The lowest BCUT2D eigenvalue weighted by molar-refractivity contribution is 0.399. The highest BCUT2D eigenvalue weighted by molar-refractivity contribution is 7.88. The van der Waals surface area contributed by atoms with Crippen LogP contribution in [0.15, 0.2) is 24.3 Å². The third-order valence-electron chi connectivity index (χ3n) is 4.20. The summed E-state index contributed by atoms with van der Waals surface area (Å²) in [5.41, 5.74) is 7.10. The zero-order valence-corrected chi connectivity index (χ0v) is 13.6. The van der Waals surface area contributed by atoms with Gasteiger partial charge < -0.3 is 5.73 Å². The molecule has 0 aromatic heterocycles. The van der Waals surface area contributed by atoms with E-state index in [9.17, 15) is 8.42 Å². The summed E-state index contributed by atoms with van der Waals surface area (Å²) in [7, 11) is -3.24. The van der Waals surface area contributed by atoms with Gasteiger partial charge in [0, 0.05) is 18.8 Å². The summed E-state index contributed by atoms with van der Waals surface area (Å²) >= 11 is 0. The molecule has 1 aromatic rings. The number of anilines is 1. The second-order valence-corrected chi connectivity index (χ2v) is 7.95. The van der Waals surface area contributed by atoms with Gasteiger partial charge in [-0.15, -0.1) is 0 Å². The van der Waals surface area contributed by atoms with Crippen LogP contribution in [0.25, 0.3) is 0 Å². The van der Waals surface area contributed by atoms with Crippen molar-refractivity contribution < 1.29 is 8.42 Å². The van der Waals surface area contributed by atoms with Gasteiger partial charge in [-0.05, 0) is 42.9 Å². The van der Waals surface area contributed by atoms with E-state index >= 15 is 0 Å². The lowest BCUT2D eigenvalue weighted by atomic mass is 9.96. The molecule has 21 heavy (non-hydrogen) atoms. The molecule has 1 aromatic carbocycles. The molecule has 1 aliphatic rings. The Balaban J connectivity index is 2.02. The van der Waals surface area contributed by atoms with Crippen molar-refractivity contribution in [2.24, 2.45) is 5.92 Å². The average molecular weight is 310 g/mol. The molecule has 0 amide bonds. The molecular formula is C16H26N2O2S. The third-order valence-corrected chi connectivity index (χ3v) is 6.05. The molecule has 1 aliphatic heterocycles. The van der Waals surface area contributed by atoms with Gasteiger partial charge in [-0.25, -0.2) is 12.7 Å². The molecule has 1 fully saturated rings. The van der Waals surface area contributed by atoms with Crippen LogP contribution in [0.5, 0.6) is 0 Å². The Morgan fingerprint density at radius 3 is 2.81 bits per heavy atom. The number of nitrogen functional groups attached to an aromatic ring is 1. The highest BCUT2D eigenvalue weighted by atomic mass is 32.2. The second kappa shape index (κ2) is 7.27. The Labute approximate surface area is 128 Å². The first-order chi connectivity index (χ1) is 10.0. The zero-order valence-electron chi connectivity index (χ0n) is 12.8. The van der Waals surface area contributed by atoms with Gasteiger partial charge in [-0.1, -0.05) is 31.9 Å². The van der Waals surface area contributed by atoms with Crippen molar-refractivity contribution in [2.75, 3.05) is 18.8 Å². The van der Waals surface area contributed by atoms with Crippen molar-refractivity contribution in [3.63, 3.8) is 0 Å². The Kier molecular flexibility index (Phi) is 5.65. The van der Waals surface area contributed by atoms with Crippen LogP contribution in [0.4, 0.5) is 5.69 Å². The molecule has 1 unspecified atom stereocenters. The van der Waals surface area contributed by atoms with Crippen LogP contribution in [0.3, 0.4) is 0 Å². The maximum Gasteiger partial charge on any atom is 0.218 e. The number of benzene rings is 1. The highest BCUT2D eigenvalue weighted by Gasteiger charge is 2.25. The Morgan fingerprint density at radius 2 is 2.10 bits per heavy atom. The van der Waals surface area contributed by atoms with Gasteiger partial charge in [0.2, 0.25) is 10.0 Å². The molecule has 1 heterocycles. The van der Waals surface area contributed by atoms with Crippen LogP contribution in [0.2, 0.25) is 0 Å². The summed E-state index contributed by atoms with van der Waals surface area (Å²) < 4.78 is 26.8. The fraction of sp³-hybridized carbons (Fsp3) is 0.625. The molecule has 1 saturated heterocycles. The molecule has 5 heteroatoms. The Bertz CT molecular complexity index is 557. The number of hydrogen-bond donors (Lipinski definition) is 1. The molecule has 0 radical (unpaired) electrons. The summed E-state index contributed by atoms with van der Waals surface area (Å²) in [5.74, 6) is 0.735. The molecular weight excluding hydrogens is 284 g/mol. The lowest BCUT2D eigenvalue weighted by Crippen LogP contribution is -2.33. The summed E-state index contributed by atoms with van der Waals surface area (Å²) in [6.07, 6.45) is 5.51. The summed E-state index contributed by atoms with van der Waals surface area (Å²) in [4.78, 5) is 0. The minimum absolute atomic E-state index is 0.0521. The van der Waals surface area contributed by atoms with E-state index in [1.165, 1.54) is 12.8 Å². The third kappa shape index (κ3) is 4.71. The van der Waals surface area contributed by atoms with E-state index in [0.717, 1.165) is 24.8 Å². The predicted molar refractivity (Wildman–Crippen MR) is 87.3 cm³/mol. The number of rotatable bonds is 5. The minimum Gasteiger partial charge on any atom is -0.399 e. The first kappa shape index (κ1) is 16.3. The maximum absolute atomic E-state index is 12.6. The van der Waals surface area contributed by atoms with Gasteiger partial charge >= 0.3 is 0 Å². The van der Waals surface area contributed by atoms with Gasteiger partial charge in [0.05, 0.1) is 5.75 Å². The summed E-state index contributed by atoms with van der Waals surface area (Å²) in [6, 6.07) is 7.15. The van der Waals surface area contributed by atoms with E-state index in [0.29, 0.717) is 24.7 Å². The molecule has 0 bridgehead atoms. The zero-order chi connectivity index (χ0) is 15.3. The molecule has 2 rings (SSSR count). The SMILES string of the molecule is CCCC1CCCN(S(=O)(=O)Cc2cccc(N)c2)CC1. The maximum atomic E-state index is 12.6. The van der Waals surface area contributed by atoms with Gasteiger partial charge in [-0.3, -0.25) is 0 Å². The highest BCUT2D eigenvalue weighted by Crippen LogP contribution is 2.24. The fourth-order valence-electron chi connectivity index (χ4n) is 3.10. The number of sulfonamides is 1. The van der Waals surface area contributed by atoms with Gasteiger partial charge in [0.15, 0.2) is 0 Å². The standard InChI is InChI=1S/C16H26N2O2S/c1-2-5-14-7-4-10-18(11-9-14)21(19,20)13-15-6-3-8-16(17)12-15/h3,6,8,12,14H,2,4-5,7,9-11,13,17H2,1H3. The van der Waals surface area contributed by atoms with E-state index in [1.54, 1.807) is 22.5 Å². The average Bonchev–Trinajstić information content (AvgIpc) is 2.65. The van der Waals surface area contributed by atoms with Gasteiger partial charge in [-0.2, -0.15) is 0 Å². The van der Waals surface area contributed by atoms with E-state index in [4.69, 9.17) is 5.73 Å². The van der Waals surface area contributed by atoms with E-state index in [1.807, 2.05) is 6.07 Å². The van der Waals surface area contributed by atoms with Crippen LogP contribution in [0.1, 0.15) is 44.6 Å². The molecule has 0 spiro atoms. The normalized spacial score (nSPS) is 21.1. The van der Waals surface area contributed by atoms with Crippen molar-refractivity contribution in [1.82, 2.24) is 4.31 Å². The Morgan fingerprint density at radius 1 is 1.29 bits per heavy atom. The van der Waals surface area contributed by atoms with Crippen LogP contribution in [0, 0.1) is 5.92 Å². The number of hydrogen-bond acceptors (Lipinski definition) is 3.